The highest BCUT2D eigenvalue weighted by atomic mass is 32.1. The van der Waals surface area contributed by atoms with Crippen LogP contribution in [-0.2, 0) is 15.9 Å². The average Bonchev–Trinajstić information content (AvgIpc) is 2.05. The largest absolute Gasteiger partial charge is 0.505 e. The highest BCUT2D eigenvalue weighted by Crippen LogP contribution is 2.19. The molecular formula is C9H12NOS+. The molecule has 0 atom stereocenters. The van der Waals surface area contributed by atoms with Gasteiger partial charge in [-0.1, -0.05) is 6.07 Å². The van der Waals surface area contributed by atoms with Gasteiger partial charge in [0.1, 0.15) is 0 Å². The fourth-order valence-corrected chi connectivity index (χ4v) is 1.41. The second kappa shape index (κ2) is 3.63. The van der Waals surface area contributed by atoms with Crippen LogP contribution in [0, 0.1) is 6.92 Å². The van der Waals surface area contributed by atoms with Crippen molar-refractivity contribution < 1.29 is 4.21 Å². The Morgan fingerprint density at radius 2 is 2.00 bits per heavy atom. The molecule has 2 nitrogen and oxygen atoms in total. The van der Waals surface area contributed by atoms with E-state index in [0.717, 1.165) is 10.6 Å². The number of rotatable bonds is 2. The molecule has 0 aliphatic rings. The van der Waals surface area contributed by atoms with Crippen molar-refractivity contribution in [1.29, 1.82) is 0 Å². The molecule has 0 saturated carbocycles. The van der Waals surface area contributed by atoms with Crippen molar-refractivity contribution in [1.82, 2.24) is 0 Å². The van der Waals surface area contributed by atoms with E-state index in [2.05, 4.69) is 0 Å². The van der Waals surface area contributed by atoms with Gasteiger partial charge in [0.25, 0.3) is 4.90 Å². The molecule has 0 heterocycles. The molecule has 0 aliphatic heterocycles. The SMILES string of the molecule is Cc1ccc([S+]=O)cc1N(C)C. The normalized spacial score (nSPS) is 9.58. The number of anilines is 1. The minimum Gasteiger partial charge on any atom is -0.377 e. The molecule has 0 radical (unpaired) electrons. The Kier molecular flexibility index (Phi) is 2.76. The number of hydrogen-bond donors (Lipinski definition) is 0. The molecule has 0 spiro atoms. The quantitative estimate of drug-likeness (QED) is 0.650. The van der Waals surface area contributed by atoms with Gasteiger partial charge < -0.3 is 4.90 Å². The lowest BCUT2D eigenvalue weighted by atomic mass is 10.2. The van der Waals surface area contributed by atoms with Crippen molar-refractivity contribution >= 4 is 17.4 Å². The van der Waals surface area contributed by atoms with Crippen LogP contribution < -0.4 is 4.90 Å². The maximum Gasteiger partial charge on any atom is 0.505 e. The third-order valence-electron chi connectivity index (χ3n) is 1.76. The third-order valence-corrected chi connectivity index (χ3v) is 2.21. The van der Waals surface area contributed by atoms with Gasteiger partial charge in [0.15, 0.2) is 0 Å². The lowest BCUT2D eigenvalue weighted by molar-refractivity contribution is 0.605. The fraction of sp³-hybridized carbons (Fsp3) is 0.333. The molecule has 0 unspecified atom stereocenters. The van der Waals surface area contributed by atoms with Crippen LogP contribution in [0.5, 0.6) is 0 Å². The molecule has 12 heavy (non-hydrogen) atoms. The van der Waals surface area contributed by atoms with E-state index >= 15 is 0 Å². The molecule has 0 amide bonds. The Balaban J connectivity index is 3.16. The predicted octanol–water partition coefficient (Wildman–Crippen LogP) is 1.85. The summed E-state index contributed by atoms with van der Waals surface area (Å²) in [6, 6.07) is 5.72. The molecule has 1 aromatic rings. The highest BCUT2D eigenvalue weighted by Gasteiger charge is 2.09. The van der Waals surface area contributed by atoms with E-state index in [1.807, 2.05) is 44.1 Å². The number of benzene rings is 1. The van der Waals surface area contributed by atoms with Gasteiger partial charge in [0, 0.05) is 36.1 Å². The van der Waals surface area contributed by atoms with Crippen molar-refractivity contribution in [2.45, 2.75) is 11.8 Å². The smallest absolute Gasteiger partial charge is 0.377 e. The van der Waals surface area contributed by atoms with Crippen LogP contribution in [0.2, 0.25) is 0 Å². The first-order valence-electron chi connectivity index (χ1n) is 3.73. The molecule has 0 fully saturated rings. The summed E-state index contributed by atoms with van der Waals surface area (Å²) in [6.07, 6.45) is 0. The Bertz CT molecular complexity index is 297. The zero-order valence-corrected chi connectivity index (χ0v) is 8.31. The van der Waals surface area contributed by atoms with E-state index in [0.29, 0.717) is 11.7 Å². The van der Waals surface area contributed by atoms with E-state index in [4.69, 9.17) is 0 Å². The first-order chi connectivity index (χ1) is 5.65. The Hall–Kier alpha value is -0.960. The van der Waals surface area contributed by atoms with Crippen molar-refractivity contribution in [2.75, 3.05) is 19.0 Å². The van der Waals surface area contributed by atoms with Crippen LogP contribution in [0.1, 0.15) is 5.56 Å². The summed E-state index contributed by atoms with van der Waals surface area (Å²) >= 11 is 0.532. The fourth-order valence-electron chi connectivity index (χ4n) is 1.12. The van der Waals surface area contributed by atoms with Gasteiger partial charge >= 0.3 is 11.7 Å². The molecule has 0 saturated heterocycles. The molecular weight excluding hydrogens is 170 g/mol. The number of aryl methyl sites for hydroxylation is 1. The Morgan fingerprint density at radius 3 is 2.50 bits per heavy atom. The summed E-state index contributed by atoms with van der Waals surface area (Å²) < 4.78 is 10.5. The lowest BCUT2D eigenvalue weighted by Gasteiger charge is -2.13. The van der Waals surface area contributed by atoms with Crippen LogP contribution >= 0.6 is 0 Å². The van der Waals surface area contributed by atoms with E-state index < -0.39 is 0 Å². The van der Waals surface area contributed by atoms with Gasteiger partial charge in [0.2, 0.25) is 0 Å². The minimum atomic E-state index is 0.532. The van der Waals surface area contributed by atoms with E-state index in [-0.39, 0.29) is 0 Å². The van der Waals surface area contributed by atoms with Gasteiger partial charge in [-0.25, -0.2) is 0 Å². The molecule has 1 aromatic carbocycles. The molecule has 64 valence electrons. The van der Waals surface area contributed by atoms with Crippen LogP contribution in [-0.4, -0.2) is 14.1 Å². The molecule has 0 aliphatic carbocycles. The van der Waals surface area contributed by atoms with Crippen molar-refractivity contribution in [2.24, 2.45) is 0 Å². The van der Waals surface area contributed by atoms with Crippen molar-refractivity contribution in [3.8, 4) is 0 Å². The first kappa shape index (κ1) is 9.13. The van der Waals surface area contributed by atoms with Gasteiger partial charge in [-0.05, 0) is 12.5 Å². The summed E-state index contributed by atoms with van der Waals surface area (Å²) in [5, 5.41) is 0. The minimum absolute atomic E-state index is 0.532. The zero-order chi connectivity index (χ0) is 9.14. The summed E-state index contributed by atoms with van der Waals surface area (Å²) in [4.78, 5) is 2.78. The van der Waals surface area contributed by atoms with Crippen LogP contribution in [0.15, 0.2) is 23.1 Å². The maximum absolute atomic E-state index is 10.5. The van der Waals surface area contributed by atoms with Crippen molar-refractivity contribution in [3.05, 3.63) is 23.8 Å². The van der Waals surface area contributed by atoms with E-state index in [9.17, 15) is 4.21 Å². The summed E-state index contributed by atoms with van der Waals surface area (Å²) in [6.45, 7) is 2.04. The molecule has 0 aromatic heterocycles. The summed E-state index contributed by atoms with van der Waals surface area (Å²) in [5.41, 5.74) is 2.30. The topological polar surface area (TPSA) is 20.3 Å². The summed E-state index contributed by atoms with van der Waals surface area (Å²) in [5.74, 6) is 0. The number of nitrogens with zero attached hydrogens (tertiary/aromatic N) is 1. The van der Waals surface area contributed by atoms with E-state index in [1.54, 1.807) is 0 Å². The van der Waals surface area contributed by atoms with Crippen LogP contribution in [0.4, 0.5) is 5.69 Å². The second-order valence-electron chi connectivity index (χ2n) is 2.93. The van der Waals surface area contributed by atoms with Crippen LogP contribution in [0.3, 0.4) is 0 Å². The van der Waals surface area contributed by atoms with E-state index in [1.165, 1.54) is 5.56 Å². The average molecular weight is 182 g/mol. The third kappa shape index (κ3) is 1.80. The van der Waals surface area contributed by atoms with Gasteiger partial charge in [-0.3, -0.25) is 0 Å². The molecule has 0 bridgehead atoms. The van der Waals surface area contributed by atoms with Gasteiger partial charge in [0.05, 0.1) is 0 Å². The van der Waals surface area contributed by atoms with Gasteiger partial charge in [-0.2, -0.15) is 0 Å². The zero-order valence-electron chi connectivity index (χ0n) is 7.50. The van der Waals surface area contributed by atoms with Gasteiger partial charge in [-0.15, -0.1) is 0 Å². The second-order valence-corrected chi connectivity index (χ2v) is 3.56. The van der Waals surface area contributed by atoms with Crippen molar-refractivity contribution in [3.63, 3.8) is 0 Å². The predicted molar refractivity (Wildman–Crippen MR) is 51.8 cm³/mol. The highest BCUT2D eigenvalue weighted by molar-refractivity contribution is 7.65. The molecule has 0 N–H and O–H groups in total. The number of hydrogen-bond acceptors (Lipinski definition) is 2. The molecule has 3 heteroatoms. The monoisotopic (exact) mass is 182 g/mol. The Labute approximate surface area is 76.7 Å². The summed E-state index contributed by atoms with van der Waals surface area (Å²) in [7, 11) is 3.95. The van der Waals surface area contributed by atoms with Crippen LogP contribution in [0.25, 0.3) is 0 Å². The standard InChI is InChI=1S/C9H12NOS/c1-7-4-5-8(12-11)6-9(7)10(2)3/h4-6H,1-3H3/q+1. The Morgan fingerprint density at radius 1 is 1.33 bits per heavy atom. The maximum atomic E-state index is 10.5. The molecule has 1 rings (SSSR count). The lowest BCUT2D eigenvalue weighted by Crippen LogP contribution is -2.10. The first-order valence-corrected chi connectivity index (χ1v) is 4.47.